The Morgan fingerprint density at radius 1 is 1.11 bits per heavy atom. The van der Waals surface area contributed by atoms with E-state index < -0.39 is 0 Å². The largest absolute Gasteiger partial charge is 0.436 e. The highest BCUT2D eigenvalue weighted by atomic mass is 32.2. The molecule has 5 rings (SSSR count). The first-order chi connectivity index (χ1) is 18.4. The Morgan fingerprint density at radius 3 is 2.63 bits per heavy atom. The van der Waals surface area contributed by atoms with Crippen molar-refractivity contribution in [2.75, 3.05) is 5.32 Å². The molecule has 0 saturated heterocycles. The van der Waals surface area contributed by atoms with Crippen LogP contribution in [0.5, 0.6) is 11.6 Å². The second-order valence-electron chi connectivity index (χ2n) is 9.44. The molecule has 38 heavy (non-hydrogen) atoms. The molecule has 194 valence electrons. The van der Waals surface area contributed by atoms with Crippen LogP contribution in [0.25, 0.3) is 11.4 Å². The van der Waals surface area contributed by atoms with Crippen molar-refractivity contribution in [1.82, 2.24) is 15.0 Å². The molecule has 1 aliphatic heterocycles. The number of nitrogens with zero attached hydrogens (tertiary/aromatic N) is 3. The molecule has 0 bridgehead atoms. The summed E-state index contributed by atoms with van der Waals surface area (Å²) in [6, 6.07) is 15.8. The van der Waals surface area contributed by atoms with E-state index in [1.54, 1.807) is 6.20 Å². The highest BCUT2D eigenvalue weighted by molar-refractivity contribution is 8.00. The summed E-state index contributed by atoms with van der Waals surface area (Å²) >= 11 is 1.42. The van der Waals surface area contributed by atoms with E-state index in [1.165, 1.54) is 11.8 Å². The van der Waals surface area contributed by atoms with E-state index in [9.17, 15) is 9.90 Å². The monoisotopic (exact) mass is 526 g/mol. The van der Waals surface area contributed by atoms with Crippen LogP contribution in [0.4, 0.5) is 5.69 Å². The van der Waals surface area contributed by atoms with Gasteiger partial charge in [-0.1, -0.05) is 61.2 Å². The minimum atomic E-state index is -0.379. The van der Waals surface area contributed by atoms with Crippen molar-refractivity contribution < 1.29 is 14.6 Å². The van der Waals surface area contributed by atoms with E-state index in [-0.39, 0.29) is 17.8 Å². The number of amides is 1. The van der Waals surface area contributed by atoms with Crippen LogP contribution in [0.3, 0.4) is 0 Å². The summed E-state index contributed by atoms with van der Waals surface area (Å²) < 4.78 is 6.32. The van der Waals surface area contributed by atoms with Crippen LogP contribution in [-0.2, 0) is 17.8 Å². The van der Waals surface area contributed by atoms with Crippen molar-refractivity contribution in [1.29, 1.82) is 0 Å². The first-order valence-corrected chi connectivity index (χ1v) is 13.5. The molecule has 2 N–H and O–H groups in total. The van der Waals surface area contributed by atoms with Gasteiger partial charge in [0.25, 0.3) is 0 Å². The lowest BCUT2D eigenvalue weighted by molar-refractivity contribution is -0.115. The van der Waals surface area contributed by atoms with Crippen molar-refractivity contribution >= 4 is 23.4 Å². The van der Waals surface area contributed by atoms with E-state index >= 15 is 0 Å². The number of aliphatic hydroxyl groups is 1. The number of aromatic nitrogens is 3. The van der Waals surface area contributed by atoms with Gasteiger partial charge in [-0.3, -0.25) is 9.78 Å². The highest BCUT2D eigenvalue weighted by Crippen LogP contribution is 2.43. The summed E-state index contributed by atoms with van der Waals surface area (Å²) in [6.07, 6.45) is 2.78. The van der Waals surface area contributed by atoms with Crippen molar-refractivity contribution in [2.24, 2.45) is 0 Å². The van der Waals surface area contributed by atoms with Crippen LogP contribution >= 0.6 is 11.8 Å². The summed E-state index contributed by atoms with van der Waals surface area (Å²) in [7, 11) is 0. The maximum Gasteiger partial charge on any atom is 0.237 e. The summed E-state index contributed by atoms with van der Waals surface area (Å²) in [6.45, 7) is 7.73. The molecule has 2 aromatic carbocycles. The van der Waals surface area contributed by atoms with Gasteiger partial charge in [-0.25, -0.2) is 4.98 Å². The van der Waals surface area contributed by atoms with Crippen LogP contribution in [-0.4, -0.2) is 31.2 Å². The van der Waals surface area contributed by atoms with Crippen molar-refractivity contribution in [2.45, 2.75) is 57.4 Å². The molecule has 8 heteroatoms. The Labute approximate surface area is 226 Å². The molecule has 1 amide bonds. The maximum atomic E-state index is 13.4. The number of aryl methyl sites for hydroxylation is 3. The third kappa shape index (κ3) is 5.14. The third-order valence-corrected chi connectivity index (χ3v) is 8.05. The minimum Gasteiger partial charge on any atom is -0.436 e. The smallest absolute Gasteiger partial charge is 0.237 e. The van der Waals surface area contributed by atoms with Crippen LogP contribution < -0.4 is 10.1 Å². The first-order valence-electron chi connectivity index (χ1n) is 12.6. The number of pyridine rings is 1. The number of thioether (sulfide) groups is 1. The summed E-state index contributed by atoms with van der Waals surface area (Å²) in [4.78, 5) is 27.5. The normalized spacial score (nSPS) is 12.8. The molecule has 0 spiro atoms. The Balaban J connectivity index is 1.54. The molecule has 0 aliphatic carbocycles. The number of nitrogens with one attached hydrogen (secondary N) is 1. The summed E-state index contributed by atoms with van der Waals surface area (Å²) in [5.74, 6) is 1.54. The molecule has 4 aromatic rings. The Hall–Kier alpha value is -3.75. The molecule has 0 unspecified atom stereocenters. The van der Waals surface area contributed by atoms with E-state index in [0.717, 1.165) is 39.2 Å². The number of anilines is 1. The molecule has 2 aromatic heterocycles. The van der Waals surface area contributed by atoms with Gasteiger partial charge < -0.3 is 15.2 Å². The summed E-state index contributed by atoms with van der Waals surface area (Å²) in [5.41, 5.74) is 6.90. The quantitative estimate of drug-likeness (QED) is 0.194. The first kappa shape index (κ1) is 25.9. The van der Waals surface area contributed by atoms with E-state index in [2.05, 4.69) is 10.3 Å². The number of benzene rings is 2. The minimum absolute atomic E-state index is 0.0759. The van der Waals surface area contributed by atoms with Crippen LogP contribution in [0.1, 0.15) is 46.9 Å². The van der Waals surface area contributed by atoms with Gasteiger partial charge >= 0.3 is 0 Å². The van der Waals surface area contributed by atoms with Gasteiger partial charge in [-0.15, -0.1) is 0 Å². The second-order valence-corrected chi connectivity index (χ2v) is 10.6. The van der Waals surface area contributed by atoms with Gasteiger partial charge in [-0.2, -0.15) is 4.98 Å². The lowest BCUT2D eigenvalue weighted by Gasteiger charge is -2.25. The molecular formula is C30H30N4O3S. The third-order valence-electron chi connectivity index (χ3n) is 6.66. The molecular weight excluding hydrogens is 496 g/mol. The predicted molar refractivity (Wildman–Crippen MR) is 150 cm³/mol. The van der Waals surface area contributed by atoms with E-state index in [1.807, 2.05) is 76.2 Å². The maximum absolute atomic E-state index is 13.4. The highest BCUT2D eigenvalue weighted by Gasteiger charge is 2.30. The molecule has 7 nitrogen and oxygen atoms in total. The van der Waals surface area contributed by atoms with Crippen LogP contribution in [0, 0.1) is 20.8 Å². The number of fused-ring (bicyclic) bond motifs is 2. The predicted octanol–water partition coefficient (Wildman–Crippen LogP) is 6.16. The van der Waals surface area contributed by atoms with Gasteiger partial charge in [-0.05, 0) is 44.4 Å². The molecule has 0 fully saturated rings. The van der Waals surface area contributed by atoms with Crippen LogP contribution in [0.15, 0.2) is 59.8 Å². The number of carbonyl (C=O) groups excluding carboxylic acids is 1. The Morgan fingerprint density at radius 2 is 1.89 bits per heavy atom. The number of rotatable bonds is 7. The molecule has 0 saturated carbocycles. The fraction of sp³-hybridized carbons (Fsp3) is 0.267. The van der Waals surface area contributed by atoms with Crippen LogP contribution in [0.2, 0.25) is 0 Å². The molecule has 3 heterocycles. The van der Waals surface area contributed by atoms with Crippen molar-refractivity contribution in [3.63, 3.8) is 0 Å². The van der Waals surface area contributed by atoms with Crippen molar-refractivity contribution in [3.8, 4) is 23.0 Å². The fourth-order valence-electron chi connectivity index (χ4n) is 4.45. The van der Waals surface area contributed by atoms with E-state index in [4.69, 9.17) is 14.7 Å². The van der Waals surface area contributed by atoms with Gasteiger partial charge in [0.1, 0.15) is 5.03 Å². The molecule has 1 atom stereocenters. The topological polar surface area (TPSA) is 97.2 Å². The molecule has 0 radical (unpaired) electrons. The average molecular weight is 527 g/mol. The number of hydrogen-bond donors (Lipinski definition) is 2. The number of aliphatic hydroxyl groups excluding tert-OH is 1. The van der Waals surface area contributed by atoms with E-state index in [0.29, 0.717) is 40.9 Å². The number of carbonyl (C=O) groups is 1. The second kappa shape index (κ2) is 10.9. The molecule has 1 aliphatic rings. The average Bonchev–Trinajstić information content (AvgIpc) is 2.93. The summed E-state index contributed by atoms with van der Waals surface area (Å²) in [5, 5.41) is 13.4. The number of ether oxygens (including phenoxy) is 1. The van der Waals surface area contributed by atoms with Gasteiger partial charge in [0.15, 0.2) is 11.6 Å². The van der Waals surface area contributed by atoms with Gasteiger partial charge in [0.05, 0.1) is 23.1 Å². The van der Waals surface area contributed by atoms with Gasteiger partial charge in [0, 0.05) is 35.0 Å². The van der Waals surface area contributed by atoms with Crippen molar-refractivity contribution in [3.05, 3.63) is 88.2 Å². The number of hydrogen-bond acceptors (Lipinski definition) is 7. The Bertz CT molecular complexity index is 1510. The zero-order chi connectivity index (χ0) is 26.8. The SMILES string of the molecule is CC[C@H](Sc1nc(-c2ccccc2)nc2c1Cc1c(CO)cnc(C)c1O2)C(=O)Nc1cc(C)ccc1C. The Kier molecular flexibility index (Phi) is 7.44. The fourth-order valence-corrected chi connectivity index (χ4v) is 5.49. The zero-order valence-corrected chi connectivity index (χ0v) is 22.7. The standard InChI is InChI=1S/C30H30N4O3S/c1-5-25(28(36)32-24-13-17(2)11-12-18(24)3)38-30-23-14-22-21(16-35)15-31-19(4)26(22)37-29(23)33-27(34-30)20-9-7-6-8-10-20/h6-13,15,25,35H,5,14,16H2,1-4H3,(H,32,36)/t25-/m0/s1. The van der Waals surface area contributed by atoms with Gasteiger partial charge in [0.2, 0.25) is 11.8 Å². The lowest BCUT2D eigenvalue weighted by Crippen LogP contribution is -2.25. The zero-order valence-electron chi connectivity index (χ0n) is 21.9. The lowest BCUT2D eigenvalue weighted by atomic mass is 9.99.